The first-order valence-corrected chi connectivity index (χ1v) is 8.09. The molecule has 21 heavy (non-hydrogen) atoms. The highest BCUT2D eigenvalue weighted by atomic mass is 32.1. The van der Waals surface area contributed by atoms with E-state index in [2.05, 4.69) is 26.1 Å². The number of nitrogens with one attached hydrogen (secondary N) is 1. The van der Waals surface area contributed by atoms with Crippen LogP contribution in [0.1, 0.15) is 50.7 Å². The Bertz CT molecular complexity index is 460. The van der Waals surface area contributed by atoms with Crippen molar-refractivity contribution in [1.82, 2.24) is 5.32 Å². The lowest BCUT2D eigenvalue weighted by Crippen LogP contribution is -2.45. The molecule has 1 rings (SSSR count). The molecule has 0 bridgehead atoms. The smallest absolute Gasteiger partial charge is 0.328 e. The van der Waals surface area contributed by atoms with Gasteiger partial charge in [0.2, 0.25) is 0 Å². The van der Waals surface area contributed by atoms with Crippen molar-refractivity contribution in [1.29, 1.82) is 0 Å². The number of hydrogen-bond donors (Lipinski definition) is 1. The predicted octanol–water partition coefficient (Wildman–Crippen LogP) is 3.48. The maximum atomic E-state index is 12.1. The average molecular weight is 311 g/mol. The topological polar surface area (TPSA) is 55.4 Å². The van der Waals surface area contributed by atoms with Crippen molar-refractivity contribution in [2.45, 2.75) is 47.1 Å². The minimum absolute atomic E-state index is 0.0175. The van der Waals surface area contributed by atoms with E-state index in [9.17, 15) is 9.59 Å². The summed E-state index contributed by atoms with van der Waals surface area (Å²) in [5.41, 5.74) is 0.119. The molecule has 0 saturated carbocycles. The lowest BCUT2D eigenvalue weighted by atomic mass is 9.93. The fourth-order valence-corrected chi connectivity index (χ4v) is 2.29. The number of esters is 1. The number of ether oxygens (including phenoxy) is 1. The molecule has 1 amide bonds. The molecule has 5 heteroatoms. The SMILES string of the molecule is CC(C)C(NC(=O)c1cccs1)C(=O)OCCC(C)(C)C. The third kappa shape index (κ3) is 6.29. The molecule has 1 N–H and O–H groups in total. The van der Waals surface area contributed by atoms with E-state index in [-0.39, 0.29) is 23.2 Å². The minimum Gasteiger partial charge on any atom is -0.464 e. The van der Waals surface area contributed by atoms with Gasteiger partial charge in [0.05, 0.1) is 11.5 Å². The van der Waals surface area contributed by atoms with Gasteiger partial charge < -0.3 is 10.1 Å². The lowest BCUT2D eigenvalue weighted by Gasteiger charge is -2.22. The Labute approximate surface area is 130 Å². The number of thiophene rings is 1. The monoisotopic (exact) mass is 311 g/mol. The van der Waals surface area contributed by atoms with E-state index in [1.165, 1.54) is 11.3 Å². The van der Waals surface area contributed by atoms with Gasteiger partial charge >= 0.3 is 5.97 Å². The Balaban J connectivity index is 2.56. The van der Waals surface area contributed by atoms with Gasteiger partial charge in [-0.25, -0.2) is 4.79 Å². The summed E-state index contributed by atoms with van der Waals surface area (Å²) in [6.45, 7) is 10.5. The Morgan fingerprint density at radius 1 is 1.33 bits per heavy atom. The lowest BCUT2D eigenvalue weighted by molar-refractivity contribution is -0.147. The number of rotatable bonds is 6. The van der Waals surface area contributed by atoms with Crippen LogP contribution in [0.2, 0.25) is 0 Å². The molecule has 0 aliphatic heterocycles. The maximum Gasteiger partial charge on any atom is 0.328 e. The zero-order valence-corrected chi connectivity index (χ0v) is 14.3. The van der Waals surface area contributed by atoms with E-state index >= 15 is 0 Å². The summed E-state index contributed by atoms with van der Waals surface area (Å²) in [7, 11) is 0. The van der Waals surface area contributed by atoms with Crippen LogP contribution in [0, 0.1) is 11.3 Å². The Kier molecular flexibility index (Phi) is 6.40. The van der Waals surface area contributed by atoms with Crippen LogP contribution in [0.15, 0.2) is 17.5 Å². The number of carbonyl (C=O) groups excluding carboxylic acids is 2. The van der Waals surface area contributed by atoms with Gasteiger partial charge in [-0.05, 0) is 29.2 Å². The van der Waals surface area contributed by atoms with Crippen molar-refractivity contribution < 1.29 is 14.3 Å². The maximum absolute atomic E-state index is 12.1. The second-order valence-electron chi connectivity index (χ2n) is 6.65. The fourth-order valence-electron chi connectivity index (χ4n) is 1.67. The largest absolute Gasteiger partial charge is 0.464 e. The molecule has 1 aromatic rings. The van der Waals surface area contributed by atoms with E-state index in [4.69, 9.17) is 4.74 Å². The Morgan fingerprint density at radius 3 is 2.48 bits per heavy atom. The van der Waals surface area contributed by atoms with Gasteiger partial charge in [-0.2, -0.15) is 0 Å². The quantitative estimate of drug-likeness (QED) is 0.818. The van der Waals surface area contributed by atoms with Crippen LogP contribution in [0.25, 0.3) is 0 Å². The van der Waals surface area contributed by atoms with Crippen LogP contribution >= 0.6 is 11.3 Å². The molecule has 118 valence electrons. The predicted molar refractivity (Wildman–Crippen MR) is 85.4 cm³/mol. The Hall–Kier alpha value is -1.36. The van der Waals surface area contributed by atoms with Gasteiger partial charge in [0.15, 0.2) is 0 Å². The summed E-state index contributed by atoms with van der Waals surface area (Å²) in [4.78, 5) is 24.8. The molecular formula is C16H25NO3S. The van der Waals surface area contributed by atoms with Crippen LogP contribution in [-0.4, -0.2) is 24.5 Å². The van der Waals surface area contributed by atoms with Crippen LogP contribution in [-0.2, 0) is 9.53 Å². The van der Waals surface area contributed by atoms with Gasteiger partial charge in [-0.15, -0.1) is 11.3 Å². The van der Waals surface area contributed by atoms with Gasteiger partial charge in [0.1, 0.15) is 6.04 Å². The van der Waals surface area contributed by atoms with Crippen LogP contribution in [0.4, 0.5) is 0 Å². The third-order valence-electron chi connectivity index (χ3n) is 3.05. The van der Waals surface area contributed by atoms with E-state index in [0.29, 0.717) is 11.5 Å². The van der Waals surface area contributed by atoms with E-state index in [0.717, 1.165) is 6.42 Å². The fraction of sp³-hybridized carbons (Fsp3) is 0.625. The normalized spacial score (nSPS) is 13.0. The van der Waals surface area contributed by atoms with Crippen molar-refractivity contribution in [2.75, 3.05) is 6.61 Å². The molecule has 1 unspecified atom stereocenters. The van der Waals surface area contributed by atoms with Crippen molar-refractivity contribution in [2.24, 2.45) is 11.3 Å². The molecule has 0 radical (unpaired) electrons. The minimum atomic E-state index is -0.612. The summed E-state index contributed by atoms with van der Waals surface area (Å²) >= 11 is 1.35. The summed E-state index contributed by atoms with van der Waals surface area (Å²) in [5.74, 6) is -0.605. The highest BCUT2D eigenvalue weighted by Gasteiger charge is 2.26. The standard InChI is InChI=1S/C16H25NO3S/c1-11(2)13(15(19)20-9-8-16(3,4)5)17-14(18)12-7-6-10-21-12/h6-7,10-11,13H,8-9H2,1-5H3,(H,17,18). The first-order valence-electron chi connectivity index (χ1n) is 7.22. The summed E-state index contributed by atoms with van der Waals surface area (Å²) in [5, 5.41) is 4.60. The number of carbonyl (C=O) groups is 2. The molecule has 0 aliphatic rings. The number of hydrogen-bond acceptors (Lipinski definition) is 4. The molecule has 0 saturated heterocycles. The van der Waals surface area contributed by atoms with Crippen molar-refractivity contribution >= 4 is 23.2 Å². The van der Waals surface area contributed by atoms with Crippen LogP contribution < -0.4 is 5.32 Å². The van der Waals surface area contributed by atoms with E-state index in [1.807, 2.05) is 25.3 Å². The van der Waals surface area contributed by atoms with Crippen LogP contribution in [0.3, 0.4) is 0 Å². The molecular weight excluding hydrogens is 286 g/mol. The summed E-state index contributed by atoms with van der Waals surface area (Å²) in [6, 6.07) is 2.94. The van der Waals surface area contributed by atoms with Gasteiger partial charge in [-0.3, -0.25) is 4.79 Å². The third-order valence-corrected chi connectivity index (χ3v) is 3.92. The number of amides is 1. The zero-order chi connectivity index (χ0) is 16.0. The first kappa shape index (κ1) is 17.7. The highest BCUT2D eigenvalue weighted by Crippen LogP contribution is 2.18. The Morgan fingerprint density at radius 2 is 2.00 bits per heavy atom. The van der Waals surface area contributed by atoms with E-state index in [1.54, 1.807) is 6.07 Å². The molecule has 1 atom stereocenters. The molecule has 0 aliphatic carbocycles. The molecule has 0 spiro atoms. The van der Waals surface area contributed by atoms with Crippen molar-refractivity contribution in [3.05, 3.63) is 22.4 Å². The highest BCUT2D eigenvalue weighted by molar-refractivity contribution is 7.12. The average Bonchev–Trinajstić information content (AvgIpc) is 2.87. The summed E-state index contributed by atoms with van der Waals surface area (Å²) in [6.07, 6.45) is 0.794. The van der Waals surface area contributed by atoms with Gasteiger partial charge in [0.25, 0.3) is 5.91 Å². The second kappa shape index (κ2) is 7.59. The molecule has 1 aromatic heterocycles. The molecule has 0 aromatic carbocycles. The molecule has 1 heterocycles. The molecule has 0 fully saturated rings. The second-order valence-corrected chi connectivity index (χ2v) is 7.60. The van der Waals surface area contributed by atoms with Gasteiger partial charge in [0, 0.05) is 0 Å². The van der Waals surface area contributed by atoms with Crippen molar-refractivity contribution in [3.8, 4) is 0 Å². The zero-order valence-electron chi connectivity index (χ0n) is 13.4. The van der Waals surface area contributed by atoms with Crippen LogP contribution in [0.5, 0.6) is 0 Å². The van der Waals surface area contributed by atoms with E-state index < -0.39 is 6.04 Å². The van der Waals surface area contributed by atoms with Crippen molar-refractivity contribution in [3.63, 3.8) is 0 Å². The van der Waals surface area contributed by atoms with Gasteiger partial charge in [-0.1, -0.05) is 40.7 Å². The first-order chi connectivity index (χ1) is 9.70. The molecule has 4 nitrogen and oxygen atoms in total. The summed E-state index contributed by atoms with van der Waals surface area (Å²) < 4.78 is 5.31.